The Morgan fingerprint density at radius 2 is 2.07 bits per heavy atom. The third kappa shape index (κ3) is 1.54. The van der Waals surface area contributed by atoms with Crippen molar-refractivity contribution in [2.75, 3.05) is 6.54 Å². The van der Waals surface area contributed by atoms with Crippen LogP contribution in [0.3, 0.4) is 0 Å². The van der Waals surface area contributed by atoms with Gasteiger partial charge in [-0.2, -0.15) is 0 Å². The monoisotopic (exact) mass is 201 g/mol. The van der Waals surface area contributed by atoms with Crippen LogP contribution in [-0.2, 0) is 4.79 Å². The van der Waals surface area contributed by atoms with Gasteiger partial charge in [0.05, 0.1) is 0 Å². The van der Waals surface area contributed by atoms with E-state index in [2.05, 4.69) is 0 Å². The number of hydrogen-bond donors (Lipinski definition) is 2. The predicted octanol–water partition coefficient (Wildman–Crippen LogP) is 1.38. The molecule has 1 amide bonds. The highest BCUT2D eigenvalue weighted by molar-refractivity contribution is 5.84. The van der Waals surface area contributed by atoms with Crippen molar-refractivity contribution in [3.63, 3.8) is 0 Å². The van der Waals surface area contributed by atoms with E-state index in [4.69, 9.17) is 10.2 Å². The molecule has 2 N–H and O–H groups in total. The molecule has 1 fully saturated rings. The standard InChI is InChI=1S/C9H15NO4/c1-2-4-9(7(11)12)5-3-6-10(9)8(13)14/h2-6H2,1H3,(H,11,12)(H,13,14). The number of carboxylic acid groups (broad SMARTS) is 2. The first-order valence-corrected chi connectivity index (χ1v) is 4.78. The molecule has 1 aliphatic rings. The van der Waals surface area contributed by atoms with Crippen LogP contribution in [0.1, 0.15) is 32.6 Å². The summed E-state index contributed by atoms with van der Waals surface area (Å²) in [6, 6.07) is 0. The zero-order chi connectivity index (χ0) is 10.8. The Bertz CT molecular complexity index is 253. The first-order chi connectivity index (χ1) is 6.54. The lowest BCUT2D eigenvalue weighted by molar-refractivity contribution is -0.149. The molecule has 0 aromatic carbocycles. The molecule has 14 heavy (non-hydrogen) atoms. The molecule has 1 heterocycles. The maximum atomic E-state index is 11.1. The minimum Gasteiger partial charge on any atom is -0.479 e. The number of amides is 1. The second-order valence-corrected chi connectivity index (χ2v) is 3.62. The van der Waals surface area contributed by atoms with E-state index in [1.165, 1.54) is 0 Å². The number of aliphatic carboxylic acids is 1. The Morgan fingerprint density at radius 1 is 1.43 bits per heavy atom. The Morgan fingerprint density at radius 3 is 2.50 bits per heavy atom. The molecule has 5 heteroatoms. The predicted molar refractivity (Wildman–Crippen MR) is 49.2 cm³/mol. The number of likely N-dealkylation sites (tertiary alicyclic amines) is 1. The molecule has 1 rings (SSSR count). The maximum Gasteiger partial charge on any atom is 0.408 e. The van der Waals surface area contributed by atoms with Crippen LogP contribution in [0.2, 0.25) is 0 Å². The van der Waals surface area contributed by atoms with Gasteiger partial charge in [-0.05, 0) is 19.3 Å². The molecular weight excluding hydrogens is 186 g/mol. The molecule has 1 saturated heterocycles. The van der Waals surface area contributed by atoms with Crippen molar-refractivity contribution in [1.29, 1.82) is 0 Å². The van der Waals surface area contributed by atoms with Crippen LogP contribution in [0.15, 0.2) is 0 Å². The summed E-state index contributed by atoms with van der Waals surface area (Å²) in [7, 11) is 0. The molecule has 1 atom stereocenters. The second-order valence-electron chi connectivity index (χ2n) is 3.62. The van der Waals surface area contributed by atoms with Gasteiger partial charge in [-0.1, -0.05) is 13.3 Å². The molecule has 1 aliphatic heterocycles. The van der Waals surface area contributed by atoms with Crippen LogP contribution in [0.25, 0.3) is 0 Å². The van der Waals surface area contributed by atoms with Crippen molar-refractivity contribution in [1.82, 2.24) is 4.90 Å². The van der Waals surface area contributed by atoms with Gasteiger partial charge in [-0.25, -0.2) is 9.59 Å². The number of carbonyl (C=O) groups is 2. The zero-order valence-corrected chi connectivity index (χ0v) is 8.19. The first-order valence-electron chi connectivity index (χ1n) is 4.78. The third-order valence-electron chi connectivity index (χ3n) is 2.78. The minimum absolute atomic E-state index is 0.335. The average molecular weight is 201 g/mol. The van der Waals surface area contributed by atoms with Gasteiger partial charge in [0.15, 0.2) is 0 Å². The van der Waals surface area contributed by atoms with E-state index in [-0.39, 0.29) is 0 Å². The fourth-order valence-corrected chi connectivity index (χ4v) is 2.16. The quantitative estimate of drug-likeness (QED) is 0.723. The number of carboxylic acids is 1. The van der Waals surface area contributed by atoms with Gasteiger partial charge in [-0.3, -0.25) is 4.90 Å². The van der Waals surface area contributed by atoms with Crippen LogP contribution < -0.4 is 0 Å². The molecule has 0 aromatic heterocycles. The lowest BCUT2D eigenvalue weighted by Crippen LogP contribution is -2.52. The van der Waals surface area contributed by atoms with E-state index in [1.54, 1.807) is 0 Å². The molecule has 1 unspecified atom stereocenters. The summed E-state index contributed by atoms with van der Waals surface area (Å²) in [6.45, 7) is 2.20. The molecule has 0 radical (unpaired) electrons. The Kier molecular flexibility index (Phi) is 2.98. The van der Waals surface area contributed by atoms with Crippen molar-refractivity contribution in [3.8, 4) is 0 Å². The Labute approximate surface area is 82.3 Å². The topological polar surface area (TPSA) is 77.8 Å². The highest BCUT2D eigenvalue weighted by Gasteiger charge is 2.49. The van der Waals surface area contributed by atoms with Crippen LogP contribution in [0.5, 0.6) is 0 Å². The number of nitrogens with zero attached hydrogens (tertiary/aromatic N) is 1. The van der Waals surface area contributed by atoms with E-state index in [0.717, 1.165) is 4.90 Å². The molecule has 80 valence electrons. The Hall–Kier alpha value is -1.26. The number of rotatable bonds is 3. The molecule has 0 saturated carbocycles. The summed E-state index contributed by atoms with van der Waals surface area (Å²) in [5, 5.41) is 18.0. The van der Waals surface area contributed by atoms with E-state index < -0.39 is 17.6 Å². The highest BCUT2D eigenvalue weighted by atomic mass is 16.4. The fourth-order valence-electron chi connectivity index (χ4n) is 2.16. The number of hydrogen-bond acceptors (Lipinski definition) is 2. The molecule has 5 nitrogen and oxygen atoms in total. The summed E-state index contributed by atoms with van der Waals surface area (Å²) in [4.78, 5) is 23.1. The molecular formula is C9H15NO4. The summed E-state index contributed by atoms with van der Waals surface area (Å²) in [5.41, 5.74) is -1.17. The summed E-state index contributed by atoms with van der Waals surface area (Å²) >= 11 is 0. The van der Waals surface area contributed by atoms with E-state index in [1.807, 2.05) is 6.92 Å². The van der Waals surface area contributed by atoms with E-state index in [9.17, 15) is 9.59 Å². The van der Waals surface area contributed by atoms with Gasteiger partial charge in [0, 0.05) is 6.54 Å². The summed E-state index contributed by atoms with van der Waals surface area (Å²) in [5.74, 6) is -1.01. The van der Waals surface area contributed by atoms with Crippen molar-refractivity contribution < 1.29 is 19.8 Å². The highest BCUT2D eigenvalue weighted by Crippen LogP contribution is 2.33. The zero-order valence-electron chi connectivity index (χ0n) is 8.19. The van der Waals surface area contributed by atoms with E-state index >= 15 is 0 Å². The van der Waals surface area contributed by atoms with Crippen LogP contribution in [-0.4, -0.2) is 39.3 Å². The summed E-state index contributed by atoms with van der Waals surface area (Å²) in [6.07, 6.45) is 1.02. The van der Waals surface area contributed by atoms with Crippen LogP contribution in [0.4, 0.5) is 4.79 Å². The average Bonchev–Trinajstić information content (AvgIpc) is 2.50. The van der Waals surface area contributed by atoms with Gasteiger partial charge >= 0.3 is 12.1 Å². The van der Waals surface area contributed by atoms with Gasteiger partial charge in [0.2, 0.25) is 0 Å². The largest absolute Gasteiger partial charge is 0.479 e. The van der Waals surface area contributed by atoms with Gasteiger partial charge in [0.1, 0.15) is 5.54 Å². The lowest BCUT2D eigenvalue weighted by Gasteiger charge is -2.32. The van der Waals surface area contributed by atoms with E-state index in [0.29, 0.717) is 32.2 Å². The Balaban J connectivity index is 2.95. The van der Waals surface area contributed by atoms with Crippen LogP contribution in [0, 0.1) is 0 Å². The molecule has 0 bridgehead atoms. The lowest BCUT2D eigenvalue weighted by atomic mass is 9.91. The molecule has 0 spiro atoms. The minimum atomic E-state index is -1.17. The SMILES string of the molecule is CCCC1(C(=O)O)CCCN1C(=O)O. The smallest absolute Gasteiger partial charge is 0.408 e. The first kappa shape index (κ1) is 10.8. The van der Waals surface area contributed by atoms with Gasteiger partial charge in [-0.15, -0.1) is 0 Å². The van der Waals surface area contributed by atoms with Crippen molar-refractivity contribution in [3.05, 3.63) is 0 Å². The fraction of sp³-hybridized carbons (Fsp3) is 0.778. The van der Waals surface area contributed by atoms with Gasteiger partial charge in [0.25, 0.3) is 0 Å². The van der Waals surface area contributed by atoms with Crippen molar-refractivity contribution >= 4 is 12.1 Å². The third-order valence-corrected chi connectivity index (χ3v) is 2.78. The maximum absolute atomic E-state index is 11.1. The van der Waals surface area contributed by atoms with Gasteiger partial charge < -0.3 is 10.2 Å². The van der Waals surface area contributed by atoms with Crippen LogP contribution >= 0.6 is 0 Å². The summed E-state index contributed by atoms with van der Waals surface area (Å²) < 4.78 is 0. The second kappa shape index (κ2) is 3.86. The van der Waals surface area contributed by atoms with Crippen molar-refractivity contribution in [2.24, 2.45) is 0 Å². The molecule has 0 aromatic rings. The van der Waals surface area contributed by atoms with Crippen molar-refractivity contribution in [2.45, 2.75) is 38.1 Å². The normalized spacial score (nSPS) is 26.5. The molecule has 0 aliphatic carbocycles.